The third kappa shape index (κ3) is 4.12. The first-order valence-electron chi connectivity index (χ1n) is 8.16. The molecule has 0 saturated carbocycles. The molecule has 0 bridgehead atoms. The van der Waals surface area contributed by atoms with Gasteiger partial charge in [-0.3, -0.25) is 0 Å². The van der Waals surface area contributed by atoms with E-state index < -0.39 is 0 Å². The van der Waals surface area contributed by atoms with E-state index in [0.717, 1.165) is 21.4 Å². The summed E-state index contributed by atoms with van der Waals surface area (Å²) in [6.07, 6.45) is 0.239. The van der Waals surface area contributed by atoms with Crippen molar-refractivity contribution in [3.05, 3.63) is 64.9 Å². The highest BCUT2D eigenvalue weighted by Gasteiger charge is 2.18. The molecule has 2 aromatic carbocycles. The van der Waals surface area contributed by atoms with E-state index in [2.05, 4.69) is 24.3 Å². The predicted octanol–water partition coefficient (Wildman–Crippen LogP) is 5.11. The lowest BCUT2D eigenvalue weighted by Gasteiger charge is -2.22. The summed E-state index contributed by atoms with van der Waals surface area (Å²) in [6.45, 7) is 0.556. The quantitative estimate of drug-likeness (QED) is 0.617. The fourth-order valence-corrected chi connectivity index (χ4v) is 3.53. The number of rotatable bonds is 6. The number of thiophene rings is 1. The van der Waals surface area contributed by atoms with Crippen LogP contribution in [0, 0.1) is 0 Å². The monoisotopic (exact) mass is 355 g/mol. The Kier molecular flexibility index (Phi) is 5.56. The molecule has 0 aliphatic heterocycles. The van der Waals surface area contributed by atoms with E-state index in [1.165, 1.54) is 7.11 Å². The number of nitrogens with zero attached hydrogens (tertiary/aromatic N) is 1. The lowest BCUT2D eigenvalue weighted by atomic mass is 10.1. The summed E-state index contributed by atoms with van der Waals surface area (Å²) in [5.74, 6) is 0.859. The molecule has 0 N–H and O–H groups in total. The van der Waals surface area contributed by atoms with Gasteiger partial charge in [0, 0.05) is 30.3 Å². The van der Waals surface area contributed by atoms with Crippen LogP contribution in [0.15, 0.2) is 60.0 Å². The van der Waals surface area contributed by atoms with Crippen molar-refractivity contribution in [2.75, 3.05) is 20.7 Å². The summed E-state index contributed by atoms with van der Waals surface area (Å²) in [4.78, 5) is 14.3. The van der Waals surface area contributed by atoms with Crippen molar-refractivity contribution in [2.24, 2.45) is 0 Å². The minimum atomic E-state index is -0.338. The molecule has 130 valence electrons. The molecule has 4 nitrogen and oxygen atoms in total. The molecule has 1 heterocycles. The van der Waals surface area contributed by atoms with Crippen molar-refractivity contribution >= 4 is 28.2 Å². The standard InChI is InChI=1S/C20H21NO3S/c1-21(20(22)23-2)13-12-18(19-11-6-14-25-19)24-17-10-5-8-15-7-3-4-9-16(15)17/h3-11,14,18H,12-13H2,1-2H3/t18-/m0/s1. The van der Waals surface area contributed by atoms with Crippen LogP contribution in [0.4, 0.5) is 4.79 Å². The highest BCUT2D eigenvalue weighted by atomic mass is 32.1. The molecule has 0 saturated heterocycles. The largest absolute Gasteiger partial charge is 0.484 e. The maximum Gasteiger partial charge on any atom is 0.409 e. The number of benzene rings is 2. The van der Waals surface area contributed by atoms with Crippen molar-refractivity contribution < 1.29 is 14.3 Å². The zero-order chi connectivity index (χ0) is 17.6. The number of hydrogen-bond acceptors (Lipinski definition) is 4. The second-order valence-electron chi connectivity index (χ2n) is 5.78. The normalized spacial score (nSPS) is 11.9. The molecule has 3 aromatic rings. The molecule has 1 aromatic heterocycles. The molecule has 0 fully saturated rings. The number of ether oxygens (including phenoxy) is 2. The second-order valence-corrected chi connectivity index (χ2v) is 6.76. The molecule has 3 rings (SSSR count). The molecule has 5 heteroatoms. The average molecular weight is 355 g/mol. The van der Waals surface area contributed by atoms with Gasteiger partial charge in [0.2, 0.25) is 0 Å². The van der Waals surface area contributed by atoms with Gasteiger partial charge >= 0.3 is 6.09 Å². The van der Waals surface area contributed by atoms with Crippen LogP contribution < -0.4 is 4.74 Å². The van der Waals surface area contributed by atoms with Crippen LogP contribution in [-0.2, 0) is 4.74 Å². The highest BCUT2D eigenvalue weighted by molar-refractivity contribution is 7.10. The minimum absolute atomic E-state index is 0.113. The molecule has 0 aliphatic carbocycles. The Morgan fingerprint density at radius 2 is 1.92 bits per heavy atom. The van der Waals surface area contributed by atoms with Gasteiger partial charge in [-0.05, 0) is 22.9 Å². The van der Waals surface area contributed by atoms with E-state index in [9.17, 15) is 4.79 Å². The molecule has 1 atom stereocenters. The minimum Gasteiger partial charge on any atom is -0.484 e. The molecule has 1 amide bonds. The summed E-state index contributed by atoms with van der Waals surface area (Å²) < 4.78 is 11.1. The Bertz CT molecular complexity index is 827. The van der Waals surface area contributed by atoms with Gasteiger partial charge in [0.1, 0.15) is 11.9 Å². The van der Waals surface area contributed by atoms with Gasteiger partial charge in [0.25, 0.3) is 0 Å². The van der Waals surface area contributed by atoms with Crippen molar-refractivity contribution in [3.63, 3.8) is 0 Å². The molecule has 0 spiro atoms. The van der Waals surface area contributed by atoms with E-state index in [1.54, 1.807) is 23.3 Å². The number of amides is 1. The van der Waals surface area contributed by atoms with Crippen molar-refractivity contribution in [1.29, 1.82) is 0 Å². The zero-order valence-corrected chi connectivity index (χ0v) is 15.2. The maximum atomic E-state index is 11.6. The number of fused-ring (bicyclic) bond motifs is 1. The first kappa shape index (κ1) is 17.3. The highest BCUT2D eigenvalue weighted by Crippen LogP contribution is 2.32. The van der Waals surface area contributed by atoms with Crippen molar-refractivity contribution in [1.82, 2.24) is 4.90 Å². The van der Waals surface area contributed by atoms with E-state index in [1.807, 2.05) is 35.7 Å². The molecular weight excluding hydrogens is 334 g/mol. The van der Waals surface area contributed by atoms with Crippen LogP contribution >= 0.6 is 11.3 Å². The summed E-state index contributed by atoms with van der Waals surface area (Å²) in [5, 5.41) is 4.28. The summed E-state index contributed by atoms with van der Waals surface area (Å²) in [7, 11) is 3.12. The molecule has 25 heavy (non-hydrogen) atoms. The third-order valence-corrected chi connectivity index (χ3v) is 5.06. The van der Waals surface area contributed by atoms with Gasteiger partial charge in [0.15, 0.2) is 0 Å². The van der Waals surface area contributed by atoms with E-state index >= 15 is 0 Å². The van der Waals surface area contributed by atoms with Crippen LogP contribution in [0.1, 0.15) is 17.4 Å². The van der Waals surface area contributed by atoms with Gasteiger partial charge in [-0.25, -0.2) is 4.79 Å². The van der Waals surface area contributed by atoms with Gasteiger partial charge in [0.05, 0.1) is 7.11 Å². The Hall–Kier alpha value is -2.53. The lowest BCUT2D eigenvalue weighted by molar-refractivity contribution is 0.123. The van der Waals surface area contributed by atoms with Crippen LogP contribution in [-0.4, -0.2) is 31.7 Å². The van der Waals surface area contributed by atoms with Crippen LogP contribution in [0.25, 0.3) is 10.8 Å². The zero-order valence-electron chi connectivity index (χ0n) is 14.3. The number of hydrogen-bond donors (Lipinski definition) is 0. The van der Waals surface area contributed by atoms with Gasteiger partial charge < -0.3 is 14.4 Å². The van der Waals surface area contributed by atoms with Gasteiger partial charge in [-0.15, -0.1) is 11.3 Å². The van der Waals surface area contributed by atoms with Crippen LogP contribution in [0.3, 0.4) is 0 Å². The third-order valence-electron chi connectivity index (χ3n) is 4.09. The second kappa shape index (κ2) is 8.03. The molecule has 0 radical (unpaired) electrons. The summed E-state index contributed by atoms with van der Waals surface area (Å²) in [5.41, 5.74) is 0. The van der Waals surface area contributed by atoms with Crippen LogP contribution in [0.5, 0.6) is 5.75 Å². The summed E-state index contributed by atoms with van der Waals surface area (Å²) >= 11 is 1.66. The molecular formula is C20H21NO3S. The maximum absolute atomic E-state index is 11.6. The number of methoxy groups -OCH3 is 1. The number of carbonyl (C=O) groups excluding carboxylic acids is 1. The van der Waals surface area contributed by atoms with E-state index in [0.29, 0.717) is 13.0 Å². The first-order chi connectivity index (χ1) is 12.2. The smallest absolute Gasteiger partial charge is 0.409 e. The lowest BCUT2D eigenvalue weighted by Crippen LogP contribution is -2.29. The van der Waals surface area contributed by atoms with Crippen molar-refractivity contribution in [2.45, 2.75) is 12.5 Å². The van der Waals surface area contributed by atoms with Crippen LogP contribution in [0.2, 0.25) is 0 Å². The first-order valence-corrected chi connectivity index (χ1v) is 9.04. The Morgan fingerprint density at radius 3 is 2.68 bits per heavy atom. The Balaban J connectivity index is 1.81. The summed E-state index contributed by atoms with van der Waals surface area (Å²) in [6, 6.07) is 18.3. The predicted molar refractivity (Wildman–Crippen MR) is 101 cm³/mol. The SMILES string of the molecule is COC(=O)N(C)CC[C@H](Oc1cccc2ccccc12)c1cccs1. The molecule has 0 unspecified atom stereocenters. The fraction of sp³-hybridized carbons (Fsp3) is 0.250. The Labute approximate surface area is 151 Å². The van der Waals surface area contributed by atoms with Gasteiger partial charge in [-0.1, -0.05) is 42.5 Å². The topological polar surface area (TPSA) is 38.8 Å². The van der Waals surface area contributed by atoms with Crippen molar-refractivity contribution in [3.8, 4) is 5.75 Å². The fourth-order valence-electron chi connectivity index (χ4n) is 2.74. The molecule has 0 aliphatic rings. The van der Waals surface area contributed by atoms with Gasteiger partial charge in [-0.2, -0.15) is 0 Å². The Morgan fingerprint density at radius 1 is 1.12 bits per heavy atom. The average Bonchev–Trinajstić information content (AvgIpc) is 3.18. The van der Waals surface area contributed by atoms with E-state index in [-0.39, 0.29) is 12.2 Å². The van der Waals surface area contributed by atoms with E-state index in [4.69, 9.17) is 9.47 Å². The number of carbonyl (C=O) groups is 1.